The van der Waals surface area contributed by atoms with Gasteiger partial charge in [-0.25, -0.2) is 13.2 Å². The maximum absolute atomic E-state index is 13.5. The molecule has 2 rings (SSSR count). The fraction of sp³-hybridized carbons (Fsp3) is 0. The first-order valence-electron chi connectivity index (χ1n) is 4.94. The van der Waals surface area contributed by atoms with Crippen molar-refractivity contribution in [2.24, 2.45) is 0 Å². The van der Waals surface area contributed by atoms with Crippen LogP contribution in [-0.4, -0.2) is 5.78 Å². The fourth-order valence-electron chi connectivity index (χ4n) is 1.50. The van der Waals surface area contributed by atoms with Crippen LogP contribution in [0.3, 0.4) is 0 Å². The quantitative estimate of drug-likeness (QED) is 0.763. The number of hydrogen-bond acceptors (Lipinski definition) is 1. The largest absolute Gasteiger partial charge is 0.288 e. The molecule has 2 aromatic carbocycles. The van der Waals surface area contributed by atoms with Gasteiger partial charge in [-0.15, -0.1) is 0 Å². The van der Waals surface area contributed by atoms with Gasteiger partial charge in [0.15, 0.2) is 17.4 Å². The molecule has 0 radical (unpaired) electrons. The van der Waals surface area contributed by atoms with Crippen molar-refractivity contribution in [3.8, 4) is 0 Å². The van der Waals surface area contributed by atoms with Crippen LogP contribution in [0.4, 0.5) is 13.2 Å². The van der Waals surface area contributed by atoms with E-state index in [0.717, 1.165) is 18.2 Å². The molecule has 0 amide bonds. The molecule has 0 N–H and O–H groups in total. The molecule has 0 aliphatic carbocycles. The van der Waals surface area contributed by atoms with Crippen molar-refractivity contribution < 1.29 is 18.0 Å². The van der Waals surface area contributed by atoms with Crippen molar-refractivity contribution in [1.29, 1.82) is 0 Å². The van der Waals surface area contributed by atoms with Gasteiger partial charge in [0.1, 0.15) is 5.82 Å². The standard InChI is InChI=1S/C13H6BrF3O/c14-7-4-5-10(15)9(6-7)13(18)8-2-1-3-11(16)12(8)17/h1-6H. The number of carbonyl (C=O) groups is 1. The van der Waals surface area contributed by atoms with E-state index in [1.165, 1.54) is 18.2 Å². The van der Waals surface area contributed by atoms with Gasteiger partial charge in [-0.1, -0.05) is 22.0 Å². The summed E-state index contributed by atoms with van der Waals surface area (Å²) >= 11 is 3.08. The lowest BCUT2D eigenvalue weighted by Crippen LogP contribution is -2.08. The van der Waals surface area contributed by atoms with Crippen molar-refractivity contribution in [2.75, 3.05) is 0 Å². The lowest BCUT2D eigenvalue weighted by Gasteiger charge is -2.05. The summed E-state index contributed by atoms with van der Waals surface area (Å²) in [5, 5.41) is 0. The van der Waals surface area contributed by atoms with Gasteiger partial charge >= 0.3 is 0 Å². The summed E-state index contributed by atoms with van der Waals surface area (Å²) in [4.78, 5) is 11.9. The van der Waals surface area contributed by atoms with E-state index in [1.54, 1.807) is 0 Å². The third-order valence-corrected chi connectivity index (χ3v) is 2.86. The molecule has 1 nitrogen and oxygen atoms in total. The van der Waals surface area contributed by atoms with Gasteiger partial charge in [-0.05, 0) is 30.3 Å². The number of benzene rings is 2. The van der Waals surface area contributed by atoms with E-state index >= 15 is 0 Å². The summed E-state index contributed by atoms with van der Waals surface area (Å²) in [6.45, 7) is 0. The zero-order valence-electron chi connectivity index (χ0n) is 8.88. The van der Waals surface area contributed by atoms with Gasteiger partial charge in [-0.3, -0.25) is 4.79 Å². The average Bonchev–Trinajstić information content (AvgIpc) is 2.35. The van der Waals surface area contributed by atoms with Crippen LogP contribution in [0.25, 0.3) is 0 Å². The van der Waals surface area contributed by atoms with Gasteiger partial charge in [0.2, 0.25) is 0 Å². The van der Waals surface area contributed by atoms with E-state index in [-0.39, 0.29) is 5.56 Å². The maximum atomic E-state index is 13.5. The zero-order chi connectivity index (χ0) is 13.3. The predicted molar refractivity (Wildman–Crippen MR) is 63.9 cm³/mol. The lowest BCUT2D eigenvalue weighted by atomic mass is 10.0. The second-order valence-corrected chi connectivity index (χ2v) is 4.47. The van der Waals surface area contributed by atoms with Crippen LogP contribution in [0.1, 0.15) is 15.9 Å². The first-order chi connectivity index (χ1) is 8.50. The highest BCUT2D eigenvalue weighted by Crippen LogP contribution is 2.21. The molecule has 0 bridgehead atoms. The molecule has 0 aromatic heterocycles. The number of rotatable bonds is 2. The van der Waals surface area contributed by atoms with Gasteiger partial charge in [0.25, 0.3) is 0 Å². The molecule has 0 saturated heterocycles. The molecule has 0 unspecified atom stereocenters. The van der Waals surface area contributed by atoms with E-state index in [2.05, 4.69) is 15.9 Å². The molecule has 18 heavy (non-hydrogen) atoms. The highest BCUT2D eigenvalue weighted by Gasteiger charge is 2.19. The highest BCUT2D eigenvalue weighted by molar-refractivity contribution is 9.10. The Hall–Kier alpha value is -1.62. The molecule has 2 aromatic rings. The number of carbonyl (C=O) groups excluding carboxylic acids is 1. The number of ketones is 1. The molecule has 0 atom stereocenters. The van der Waals surface area contributed by atoms with Gasteiger partial charge in [0.05, 0.1) is 11.1 Å². The molecule has 0 aliphatic rings. The van der Waals surface area contributed by atoms with E-state index in [9.17, 15) is 18.0 Å². The molecule has 0 fully saturated rings. The van der Waals surface area contributed by atoms with Crippen molar-refractivity contribution >= 4 is 21.7 Å². The van der Waals surface area contributed by atoms with E-state index in [4.69, 9.17) is 0 Å². The highest BCUT2D eigenvalue weighted by atomic mass is 79.9. The second-order valence-electron chi connectivity index (χ2n) is 3.55. The molecule has 5 heteroatoms. The number of hydrogen-bond donors (Lipinski definition) is 0. The normalized spacial score (nSPS) is 10.4. The van der Waals surface area contributed by atoms with Crippen molar-refractivity contribution in [2.45, 2.75) is 0 Å². The second kappa shape index (κ2) is 4.94. The summed E-state index contributed by atoms with van der Waals surface area (Å²) in [6.07, 6.45) is 0. The minimum atomic E-state index is -1.28. The molecule has 0 spiro atoms. The van der Waals surface area contributed by atoms with Crippen LogP contribution in [0, 0.1) is 17.5 Å². The Labute approximate surface area is 109 Å². The smallest absolute Gasteiger partial charge is 0.199 e. The molecular weight excluding hydrogens is 309 g/mol. The first kappa shape index (κ1) is 12.8. The maximum Gasteiger partial charge on any atom is 0.199 e. The molecule has 92 valence electrons. The van der Waals surface area contributed by atoms with Crippen molar-refractivity contribution in [3.63, 3.8) is 0 Å². The Balaban J connectivity index is 2.55. The summed E-state index contributed by atoms with van der Waals surface area (Å²) < 4.78 is 40.4. The van der Waals surface area contributed by atoms with Crippen LogP contribution < -0.4 is 0 Å². The summed E-state index contributed by atoms with van der Waals surface area (Å²) in [6, 6.07) is 6.91. The van der Waals surface area contributed by atoms with Gasteiger partial charge < -0.3 is 0 Å². The monoisotopic (exact) mass is 314 g/mol. The lowest BCUT2D eigenvalue weighted by molar-refractivity contribution is 0.103. The predicted octanol–water partition coefficient (Wildman–Crippen LogP) is 4.10. The van der Waals surface area contributed by atoms with Crippen molar-refractivity contribution in [1.82, 2.24) is 0 Å². The summed E-state index contributed by atoms with van der Waals surface area (Å²) in [5.41, 5.74) is -0.805. The Morgan fingerprint density at radius 2 is 1.67 bits per heavy atom. The van der Waals surface area contributed by atoms with Crippen LogP contribution in [0.5, 0.6) is 0 Å². The Morgan fingerprint density at radius 3 is 2.39 bits per heavy atom. The van der Waals surface area contributed by atoms with Crippen LogP contribution in [0.2, 0.25) is 0 Å². The van der Waals surface area contributed by atoms with E-state index in [0.29, 0.717) is 4.47 Å². The Kier molecular flexibility index (Phi) is 3.52. The summed E-state index contributed by atoms with van der Waals surface area (Å²) in [5.74, 6) is -4.10. The molecular formula is C13H6BrF3O. The Morgan fingerprint density at radius 1 is 0.944 bits per heavy atom. The van der Waals surface area contributed by atoms with E-state index < -0.39 is 28.8 Å². The van der Waals surface area contributed by atoms with Gasteiger partial charge in [-0.2, -0.15) is 0 Å². The Bertz CT molecular complexity index is 622. The molecule has 0 saturated carbocycles. The zero-order valence-corrected chi connectivity index (χ0v) is 10.5. The van der Waals surface area contributed by atoms with Crippen molar-refractivity contribution in [3.05, 3.63) is 69.4 Å². The summed E-state index contributed by atoms with van der Waals surface area (Å²) in [7, 11) is 0. The molecule has 0 heterocycles. The SMILES string of the molecule is O=C(c1cc(Br)ccc1F)c1cccc(F)c1F. The van der Waals surface area contributed by atoms with Crippen LogP contribution in [-0.2, 0) is 0 Å². The average molecular weight is 315 g/mol. The number of halogens is 4. The van der Waals surface area contributed by atoms with Gasteiger partial charge in [0, 0.05) is 4.47 Å². The third kappa shape index (κ3) is 2.31. The minimum Gasteiger partial charge on any atom is -0.288 e. The topological polar surface area (TPSA) is 17.1 Å². The first-order valence-corrected chi connectivity index (χ1v) is 5.74. The van der Waals surface area contributed by atoms with Crippen LogP contribution >= 0.6 is 15.9 Å². The fourth-order valence-corrected chi connectivity index (χ4v) is 1.86. The van der Waals surface area contributed by atoms with E-state index in [1.807, 2.05) is 0 Å². The third-order valence-electron chi connectivity index (χ3n) is 2.37. The minimum absolute atomic E-state index is 0.311. The molecule has 0 aliphatic heterocycles. The van der Waals surface area contributed by atoms with Crippen LogP contribution in [0.15, 0.2) is 40.9 Å².